The van der Waals surface area contributed by atoms with E-state index >= 15 is 0 Å². The number of esters is 6. The highest BCUT2D eigenvalue weighted by molar-refractivity contribution is 5.76. The van der Waals surface area contributed by atoms with Crippen molar-refractivity contribution in [2.45, 2.75) is 259 Å². The van der Waals surface area contributed by atoms with Gasteiger partial charge in [-0.15, -0.1) is 0 Å². The average molecular weight is 1960 g/mol. The van der Waals surface area contributed by atoms with Crippen LogP contribution >= 0.6 is 0 Å². The smallest absolute Gasteiger partial charge is 0.309 e. The highest BCUT2D eigenvalue weighted by Gasteiger charge is 2.29. The Labute approximate surface area is 854 Å². The minimum Gasteiger partial charge on any atom is -0.493 e. The number of hydrogen-bond donors (Lipinski definition) is 1. The van der Waals surface area contributed by atoms with Crippen LogP contribution in [0.4, 0.5) is 0 Å². The van der Waals surface area contributed by atoms with Crippen LogP contribution < -0.4 is 33.2 Å². The molecule has 1 saturated carbocycles. The van der Waals surface area contributed by atoms with Crippen molar-refractivity contribution in [2.24, 2.45) is 0 Å². The Morgan fingerprint density at radius 3 is 0.729 bits per heavy atom. The molecule has 1 aliphatic carbocycles. The molecule has 1 fully saturated rings. The quantitative estimate of drug-likeness (QED) is 0.0276. The Hall–Kier alpha value is -14.0. The van der Waals surface area contributed by atoms with Gasteiger partial charge in [-0.2, -0.15) is 0 Å². The normalized spacial score (nSPS) is 11.0. The number of benzene rings is 12. The number of methoxy groups -OCH3 is 6. The lowest BCUT2D eigenvalue weighted by Crippen LogP contribution is -2.11. The summed E-state index contributed by atoms with van der Waals surface area (Å²) >= 11 is 0. The second-order valence-corrected chi connectivity index (χ2v) is 35.7. The number of carbonyl (C=O) groups excluding carboxylic acids is 6. The molecule has 0 amide bonds. The van der Waals surface area contributed by atoms with Crippen LogP contribution in [-0.2, 0) is 187 Å². The van der Waals surface area contributed by atoms with E-state index in [0.717, 1.165) is 174 Å². The SMILES string of the molecule is CCOc1cccc(CC(=O)OC)c1COc1ccc(C)cc1CC.CCc1cc(C)ccc1OCc1c(C)cccc1CC(=O)OC.CCc1cc(C)ccc1OCc1c(C)cccc1CC(=O)OC.CCc1cc(C)ccc1OCc1c(CC(=O)OC)cccc1C1CC1.CCc1cc(C)ccc1OCc1c(CC)cccc1CC(=O)OC.CCc1cc(C)ccc1OCc1c(CO)cccc1CC(=O)OC. The van der Waals surface area contributed by atoms with Gasteiger partial charge >= 0.3 is 35.8 Å². The summed E-state index contributed by atoms with van der Waals surface area (Å²) in [5, 5.41) is 9.60. The van der Waals surface area contributed by atoms with Crippen LogP contribution in [0.25, 0.3) is 0 Å². The molecule has 1 aliphatic rings. The van der Waals surface area contributed by atoms with Gasteiger partial charge in [0.25, 0.3) is 0 Å². The van der Waals surface area contributed by atoms with Gasteiger partial charge in [0.15, 0.2) is 0 Å². The summed E-state index contributed by atoms with van der Waals surface area (Å²) in [6, 6.07) is 72.7. The van der Waals surface area contributed by atoms with E-state index in [0.29, 0.717) is 58.6 Å². The Balaban J connectivity index is 0.000000211. The van der Waals surface area contributed by atoms with Crippen LogP contribution in [0.5, 0.6) is 40.2 Å². The first kappa shape index (κ1) is 115. The maximum absolute atomic E-state index is 11.8. The highest BCUT2D eigenvalue weighted by Crippen LogP contribution is 2.43. The van der Waals surface area contributed by atoms with Gasteiger partial charge in [0, 0.05) is 5.56 Å². The van der Waals surface area contributed by atoms with Crippen LogP contribution in [0.2, 0.25) is 0 Å². The van der Waals surface area contributed by atoms with Crippen molar-refractivity contribution in [1.29, 1.82) is 0 Å². The summed E-state index contributed by atoms with van der Waals surface area (Å²) in [7, 11) is 8.44. The first-order valence-electron chi connectivity index (χ1n) is 50.0. The number of hydrogen-bond acceptors (Lipinski definition) is 20. The van der Waals surface area contributed by atoms with E-state index in [-0.39, 0.29) is 74.5 Å². The van der Waals surface area contributed by atoms with Crippen LogP contribution in [0, 0.1) is 55.4 Å². The predicted octanol–water partition coefficient (Wildman–Crippen LogP) is 25.1. The fourth-order valence-electron chi connectivity index (χ4n) is 16.8. The van der Waals surface area contributed by atoms with Crippen molar-refractivity contribution < 1.29 is 95.5 Å². The standard InChI is InChI=1S/C22H26O3.C21H26O4.C21H26O3.C20H24O4.2C20H24O3/c1-4-16-12-15(2)8-11-21(16)25-14-20-18(13-22(23)24-3)6-5-7-19(20)17-9-10-17;1-5-16-12-15(3)10-11-19(16)25-14-18-17(13-21(22)23-4)8-7-9-20(18)24-6-2;1-5-16-8-7-9-18(13-21(22)23-4)19(16)14-24-20-11-10-15(3)12-17(20)6-2;1-4-15-10-14(2)8-9-19(15)24-13-18-16(11-20(22)23-3)6-5-7-17(18)12-21;2*1-5-16-11-14(2)9-10-19(16)23-13-18-15(3)7-6-8-17(18)12-20(21)22-4/h5-8,11-12,17H,4,9-10,13-14H2,1-3H3;7-12H,5-6,13-14H2,1-4H3;7-12H,5-6,13-14H2,1-4H3;5-10,21H,4,11-13H2,1-3H3;2*6-11H,5,12-13H2,1-4H3. The first-order valence-corrected chi connectivity index (χ1v) is 50.0. The number of rotatable bonds is 41. The first-order chi connectivity index (χ1) is 69.5. The minimum atomic E-state index is -0.309. The Morgan fingerprint density at radius 1 is 0.236 bits per heavy atom. The molecule has 766 valence electrons. The van der Waals surface area contributed by atoms with E-state index in [1.807, 2.05) is 166 Å². The van der Waals surface area contributed by atoms with Crippen molar-refractivity contribution in [3.63, 3.8) is 0 Å². The van der Waals surface area contributed by atoms with Gasteiger partial charge < -0.3 is 66.7 Å². The second kappa shape index (κ2) is 60.5. The van der Waals surface area contributed by atoms with Gasteiger partial charge in [-0.3, -0.25) is 28.8 Å². The largest absolute Gasteiger partial charge is 0.493 e. The van der Waals surface area contributed by atoms with Gasteiger partial charge in [-0.1, -0.05) is 258 Å². The van der Waals surface area contributed by atoms with Crippen LogP contribution in [0.15, 0.2) is 218 Å². The average Bonchev–Trinajstić information content (AvgIpc) is 1.66. The summed E-state index contributed by atoms with van der Waals surface area (Å²) in [5.74, 6) is 5.22. The zero-order valence-corrected chi connectivity index (χ0v) is 88.8. The van der Waals surface area contributed by atoms with Crippen LogP contribution in [-0.4, -0.2) is 90.2 Å². The molecule has 12 aromatic rings. The molecular formula is C124H150O20. The summed E-state index contributed by atoms with van der Waals surface area (Å²) in [6.45, 7) is 36.3. The highest BCUT2D eigenvalue weighted by atomic mass is 16.5. The topological polar surface area (TPSA) is 243 Å². The van der Waals surface area contributed by atoms with E-state index in [1.165, 1.54) is 128 Å². The zero-order chi connectivity index (χ0) is 105. The third-order valence-corrected chi connectivity index (χ3v) is 25.4. The fraction of sp³-hybridized carbons (Fsp3) is 0.371. The number of ether oxygens (including phenoxy) is 13. The molecule has 0 heterocycles. The molecule has 0 saturated heterocycles. The van der Waals surface area contributed by atoms with E-state index in [2.05, 4.69) is 163 Å². The van der Waals surface area contributed by atoms with Crippen molar-refractivity contribution in [3.8, 4) is 40.2 Å². The Bertz CT molecular complexity index is 5950. The van der Waals surface area contributed by atoms with Crippen molar-refractivity contribution in [1.82, 2.24) is 0 Å². The molecule has 1 N–H and O–H groups in total. The summed E-state index contributed by atoms with van der Waals surface area (Å²) < 4.78 is 71.0. The molecule has 0 aromatic heterocycles. The fourth-order valence-corrected chi connectivity index (χ4v) is 16.8. The van der Waals surface area contributed by atoms with Crippen molar-refractivity contribution in [3.05, 3.63) is 380 Å². The maximum Gasteiger partial charge on any atom is 0.309 e. The number of carbonyl (C=O) groups is 6. The number of aliphatic hydroxyl groups is 1. The monoisotopic (exact) mass is 1960 g/mol. The van der Waals surface area contributed by atoms with Gasteiger partial charge in [-0.05, 0) is 291 Å². The summed E-state index contributed by atoms with van der Waals surface area (Å²) in [6.07, 6.45) is 10.3. The molecule has 0 radical (unpaired) electrons. The Kier molecular flexibility index (Phi) is 48.4. The molecule has 12 aromatic carbocycles. The maximum atomic E-state index is 11.8. The predicted molar refractivity (Wildman–Crippen MR) is 570 cm³/mol. The molecule has 20 nitrogen and oxygen atoms in total. The lowest BCUT2D eigenvalue weighted by molar-refractivity contribution is -0.140. The lowest BCUT2D eigenvalue weighted by atomic mass is 9.96. The Morgan fingerprint density at radius 2 is 0.458 bits per heavy atom. The van der Waals surface area contributed by atoms with Gasteiger partial charge in [-0.25, -0.2) is 0 Å². The summed E-state index contributed by atoms with van der Waals surface area (Å²) in [5.41, 5.74) is 31.7. The molecule has 13 rings (SSSR count). The molecule has 0 bridgehead atoms. The van der Waals surface area contributed by atoms with E-state index in [1.54, 1.807) is 0 Å². The van der Waals surface area contributed by atoms with Crippen LogP contribution in [0.3, 0.4) is 0 Å². The molecular weight excluding hydrogens is 1810 g/mol. The molecule has 0 atom stereocenters. The molecule has 0 aliphatic heterocycles. The van der Waals surface area contributed by atoms with Crippen molar-refractivity contribution in [2.75, 3.05) is 49.3 Å². The summed E-state index contributed by atoms with van der Waals surface area (Å²) in [4.78, 5) is 70.0. The number of aryl methyl sites for hydroxylation is 15. The third-order valence-electron chi connectivity index (χ3n) is 25.4. The minimum absolute atomic E-state index is 0.0950. The van der Waals surface area contributed by atoms with Gasteiger partial charge in [0.2, 0.25) is 0 Å². The second-order valence-electron chi connectivity index (χ2n) is 35.7. The lowest BCUT2D eigenvalue weighted by Gasteiger charge is -2.17. The van der Waals surface area contributed by atoms with E-state index < -0.39 is 0 Å². The van der Waals surface area contributed by atoms with Crippen LogP contribution in [0.1, 0.15) is 235 Å². The van der Waals surface area contributed by atoms with Gasteiger partial charge in [0.05, 0.1) is 94.4 Å². The zero-order valence-electron chi connectivity index (χ0n) is 88.8. The van der Waals surface area contributed by atoms with Gasteiger partial charge in [0.1, 0.15) is 79.9 Å². The van der Waals surface area contributed by atoms with E-state index in [4.69, 9.17) is 61.6 Å². The van der Waals surface area contributed by atoms with Crippen molar-refractivity contribution >= 4 is 35.8 Å². The molecule has 20 heteroatoms. The molecule has 0 unspecified atom stereocenters. The van der Waals surface area contributed by atoms with E-state index in [9.17, 15) is 33.9 Å². The third kappa shape index (κ3) is 35.9. The molecule has 0 spiro atoms. The molecule has 144 heavy (non-hydrogen) atoms. The number of aliphatic hydroxyl groups excluding tert-OH is 1.